The van der Waals surface area contributed by atoms with Crippen molar-refractivity contribution in [1.29, 1.82) is 0 Å². The summed E-state index contributed by atoms with van der Waals surface area (Å²) in [7, 11) is 0. The molecule has 0 bridgehead atoms. The minimum Gasteiger partial charge on any atom is -0.421 e. The topological polar surface area (TPSA) is 92.4 Å². The van der Waals surface area contributed by atoms with Crippen LogP contribution in [0.25, 0.3) is 22.2 Å². The maximum atomic E-state index is 12.8. The van der Waals surface area contributed by atoms with E-state index in [1.807, 2.05) is 44.3 Å². The lowest BCUT2D eigenvalue weighted by Gasteiger charge is -2.34. The van der Waals surface area contributed by atoms with Crippen LogP contribution < -0.4 is 0 Å². The smallest absolute Gasteiger partial charge is 0.247 e. The van der Waals surface area contributed by atoms with Crippen molar-refractivity contribution in [2.75, 3.05) is 19.6 Å². The second kappa shape index (κ2) is 8.24. The number of carbonyl (C=O) groups excluding carboxylic acids is 1. The number of nitrogens with zero attached hydrogens (tertiary/aromatic N) is 4. The minimum atomic E-state index is -0.704. The first-order valence-electron chi connectivity index (χ1n) is 10.4. The van der Waals surface area contributed by atoms with Crippen LogP contribution in [-0.4, -0.2) is 56.2 Å². The Kier molecular flexibility index (Phi) is 5.66. The van der Waals surface area contributed by atoms with Gasteiger partial charge in [-0.1, -0.05) is 6.07 Å². The fraction of sp³-hybridized carbons (Fsp3) is 0.478. The molecule has 0 aliphatic carbocycles. The largest absolute Gasteiger partial charge is 0.421 e. The number of pyridine rings is 1. The van der Waals surface area contributed by atoms with Gasteiger partial charge in [0.25, 0.3) is 0 Å². The summed E-state index contributed by atoms with van der Waals surface area (Å²) in [4.78, 5) is 19.6. The number of aryl methyl sites for hydroxylation is 1. The number of piperidine rings is 1. The van der Waals surface area contributed by atoms with Gasteiger partial charge in [0.2, 0.25) is 11.8 Å². The maximum Gasteiger partial charge on any atom is 0.247 e. The molecular weight excluding hydrogens is 380 g/mol. The van der Waals surface area contributed by atoms with Gasteiger partial charge in [-0.2, -0.15) is 0 Å². The number of fused-ring (bicyclic) bond motifs is 1. The molecule has 0 unspecified atom stereocenters. The van der Waals surface area contributed by atoms with E-state index in [0.717, 1.165) is 48.0 Å². The standard InChI is InChI=1S/C23H28N4O3/c1-15-25-26-22(30-15)17-4-5-18-13-24-20(11-19(18)10-17)12-21(28)16-6-8-27(9-7-16)14-23(2,3)29/h4-5,10-11,13,16,29H,6-9,12,14H2,1-3H3. The van der Waals surface area contributed by atoms with Crippen LogP contribution in [0, 0.1) is 12.8 Å². The Morgan fingerprint density at radius 3 is 2.63 bits per heavy atom. The van der Waals surface area contributed by atoms with E-state index in [0.29, 0.717) is 24.7 Å². The average molecular weight is 409 g/mol. The van der Waals surface area contributed by atoms with Gasteiger partial charge in [0, 0.05) is 48.6 Å². The SMILES string of the molecule is Cc1nnc(-c2ccc3cnc(CC(=O)C4CCN(CC(C)(C)O)CC4)cc3c2)o1. The molecule has 7 nitrogen and oxygen atoms in total. The van der Waals surface area contributed by atoms with Crippen molar-refractivity contribution in [3.05, 3.63) is 42.0 Å². The second-order valence-corrected chi connectivity index (χ2v) is 8.87. The van der Waals surface area contributed by atoms with Crippen molar-refractivity contribution in [3.8, 4) is 11.5 Å². The van der Waals surface area contributed by atoms with E-state index in [2.05, 4.69) is 20.1 Å². The molecule has 3 aromatic rings. The van der Waals surface area contributed by atoms with Crippen molar-refractivity contribution in [3.63, 3.8) is 0 Å². The van der Waals surface area contributed by atoms with E-state index in [1.54, 1.807) is 6.92 Å². The zero-order valence-electron chi connectivity index (χ0n) is 17.8. The molecule has 30 heavy (non-hydrogen) atoms. The molecule has 0 atom stereocenters. The van der Waals surface area contributed by atoms with Gasteiger partial charge in [-0.25, -0.2) is 0 Å². The van der Waals surface area contributed by atoms with Crippen LogP contribution >= 0.6 is 0 Å². The van der Waals surface area contributed by atoms with Crippen molar-refractivity contribution >= 4 is 16.6 Å². The highest BCUT2D eigenvalue weighted by Gasteiger charge is 2.27. The average Bonchev–Trinajstić information content (AvgIpc) is 3.13. The fourth-order valence-electron chi connectivity index (χ4n) is 4.11. The number of hydrogen-bond donors (Lipinski definition) is 1. The molecule has 158 valence electrons. The Morgan fingerprint density at radius 1 is 1.20 bits per heavy atom. The summed E-state index contributed by atoms with van der Waals surface area (Å²) in [5.74, 6) is 1.32. The van der Waals surface area contributed by atoms with Gasteiger partial charge >= 0.3 is 0 Å². The number of hydrogen-bond acceptors (Lipinski definition) is 7. The number of ketones is 1. The van der Waals surface area contributed by atoms with E-state index in [-0.39, 0.29) is 11.7 Å². The predicted molar refractivity (Wildman–Crippen MR) is 114 cm³/mol. The van der Waals surface area contributed by atoms with E-state index < -0.39 is 5.60 Å². The third-order valence-electron chi connectivity index (χ3n) is 5.56. The third-order valence-corrected chi connectivity index (χ3v) is 5.56. The molecule has 0 spiro atoms. The predicted octanol–water partition coefficient (Wildman–Crippen LogP) is 3.19. The Hall–Kier alpha value is -2.64. The Morgan fingerprint density at radius 2 is 1.97 bits per heavy atom. The first kappa shape index (κ1) is 20.6. The molecule has 0 radical (unpaired) electrons. The normalized spacial score (nSPS) is 16.3. The first-order chi connectivity index (χ1) is 14.3. The monoisotopic (exact) mass is 408 g/mol. The highest BCUT2D eigenvalue weighted by molar-refractivity contribution is 5.88. The fourth-order valence-corrected chi connectivity index (χ4v) is 4.11. The summed E-state index contributed by atoms with van der Waals surface area (Å²) >= 11 is 0. The highest BCUT2D eigenvalue weighted by Crippen LogP contribution is 2.25. The van der Waals surface area contributed by atoms with Gasteiger partial charge in [0.05, 0.1) is 5.60 Å². The lowest BCUT2D eigenvalue weighted by Crippen LogP contribution is -2.44. The summed E-state index contributed by atoms with van der Waals surface area (Å²) in [6.07, 6.45) is 3.83. The summed E-state index contributed by atoms with van der Waals surface area (Å²) < 4.78 is 5.52. The number of carbonyl (C=O) groups is 1. The third kappa shape index (κ3) is 4.91. The van der Waals surface area contributed by atoms with Gasteiger partial charge < -0.3 is 14.4 Å². The van der Waals surface area contributed by atoms with Crippen LogP contribution in [-0.2, 0) is 11.2 Å². The van der Waals surface area contributed by atoms with Gasteiger partial charge in [-0.05, 0) is 63.4 Å². The Balaban J connectivity index is 1.43. The van der Waals surface area contributed by atoms with Crippen LogP contribution in [0.2, 0.25) is 0 Å². The number of likely N-dealkylation sites (tertiary alicyclic amines) is 1. The van der Waals surface area contributed by atoms with Crippen LogP contribution in [0.5, 0.6) is 0 Å². The highest BCUT2D eigenvalue weighted by atomic mass is 16.4. The van der Waals surface area contributed by atoms with Crippen LogP contribution in [0.15, 0.2) is 34.9 Å². The van der Waals surface area contributed by atoms with Gasteiger partial charge in [0.15, 0.2) is 0 Å². The Bertz CT molecular complexity index is 1050. The van der Waals surface area contributed by atoms with E-state index >= 15 is 0 Å². The molecule has 7 heteroatoms. The number of Topliss-reactive ketones (excluding diaryl/α,β-unsaturated/α-hetero) is 1. The molecule has 2 aromatic heterocycles. The van der Waals surface area contributed by atoms with Crippen LogP contribution in [0.1, 0.15) is 38.3 Å². The lowest BCUT2D eigenvalue weighted by atomic mass is 9.89. The molecule has 1 aliphatic heterocycles. The number of rotatable bonds is 6. The van der Waals surface area contributed by atoms with Crippen molar-refractivity contribution in [1.82, 2.24) is 20.1 Å². The second-order valence-electron chi connectivity index (χ2n) is 8.87. The van der Waals surface area contributed by atoms with Crippen LogP contribution in [0.4, 0.5) is 0 Å². The molecule has 1 fully saturated rings. The quantitative estimate of drug-likeness (QED) is 0.669. The molecule has 1 N–H and O–H groups in total. The summed E-state index contributed by atoms with van der Waals surface area (Å²) in [6, 6.07) is 7.88. The van der Waals surface area contributed by atoms with Crippen molar-refractivity contribution < 1.29 is 14.3 Å². The number of aliphatic hydroxyl groups is 1. The van der Waals surface area contributed by atoms with Crippen LogP contribution in [0.3, 0.4) is 0 Å². The lowest BCUT2D eigenvalue weighted by molar-refractivity contribution is -0.123. The first-order valence-corrected chi connectivity index (χ1v) is 10.4. The Labute approximate surface area is 176 Å². The molecule has 1 saturated heterocycles. The van der Waals surface area contributed by atoms with Crippen molar-refractivity contribution in [2.24, 2.45) is 5.92 Å². The number of β-amino-alcohol motifs (C(OH)–C–C–N with tert-alkyl or cyclic N) is 1. The minimum absolute atomic E-state index is 0.0632. The summed E-state index contributed by atoms with van der Waals surface area (Å²) in [5.41, 5.74) is 0.931. The molecule has 0 amide bonds. The molecule has 4 rings (SSSR count). The van der Waals surface area contributed by atoms with Gasteiger partial charge in [-0.15, -0.1) is 10.2 Å². The maximum absolute atomic E-state index is 12.8. The van der Waals surface area contributed by atoms with E-state index in [1.165, 1.54) is 0 Å². The van der Waals surface area contributed by atoms with E-state index in [9.17, 15) is 9.90 Å². The van der Waals surface area contributed by atoms with E-state index in [4.69, 9.17) is 4.42 Å². The molecule has 3 heterocycles. The molecule has 1 aliphatic rings. The summed E-state index contributed by atoms with van der Waals surface area (Å²) in [6.45, 7) is 7.74. The van der Waals surface area contributed by atoms with Crippen molar-refractivity contribution in [2.45, 2.75) is 45.6 Å². The summed E-state index contributed by atoms with van der Waals surface area (Å²) in [5, 5.41) is 20.0. The number of aromatic nitrogens is 3. The zero-order valence-corrected chi connectivity index (χ0v) is 17.8. The number of benzene rings is 1. The zero-order chi connectivity index (χ0) is 21.3. The molecule has 1 aromatic carbocycles. The molecular formula is C23H28N4O3. The van der Waals surface area contributed by atoms with Gasteiger partial charge in [0.1, 0.15) is 5.78 Å². The van der Waals surface area contributed by atoms with Gasteiger partial charge in [-0.3, -0.25) is 9.78 Å². The molecule has 0 saturated carbocycles.